The first-order chi connectivity index (χ1) is 14.6. The molecule has 0 heterocycles. The van der Waals surface area contributed by atoms with Gasteiger partial charge >= 0.3 is 11.9 Å². The molecule has 0 spiro atoms. The third-order valence-electron chi connectivity index (χ3n) is 6.68. The van der Waals surface area contributed by atoms with E-state index in [0.717, 1.165) is 38.5 Å². The maximum absolute atomic E-state index is 12.8. The number of carbonyl (C=O) groups is 2. The van der Waals surface area contributed by atoms with Gasteiger partial charge in [-0.05, 0) is 38.5 Å². The molecule has 1 N–H and O–H groups in total. The number of rotatable bonds is 18. The van der Waals surface area contributed by atoms with Crippen molar-refractivity contribution in [3.8, 4) is 0 Å². The minimum absolute atomic E-state index is 0.0319. The highest BCUT2D eigenvalue weighted by Crippen LogP contribution is 2.32. The molecule has 1 saturated carbocycles. The van der Waals surface area contributed by atoms with Gasteiger partial charge in [0.1, 0.15) is 6.10 Å². The lowest BCUT2D eigenvalue weighted by atomic mass is 9.79. The Bertz CT molecular complexity index is 448. The smallest absolute Gasteiger partial charge is 0.310 e. The average molecular weight is 425 g/mol. The zero-order valence-corrected chi connectivity index (χ0v) is 19.8. The summed E-state index contributed by atoms with van der Waals surface area (Å²) in [4.78, 5) is 24.4. The van der Waals surface area contributed by atoms with Gasteiger partial charge in [-0.15, -0.1) is 0 Å². The number of aliphatic carboxylic acids is 1. The summed E-state index contributed by atoms with van der Waals surface area (Å²) < 4.78 is 5.93. The highest BCUT2D eigenvalue weighted by atomic mass is 16.5. The molecule has 1 fully saturated rings. The molecule has 0 aromatic heterocycles. The fourth-order valence-corrected chi connectivity index (χ4v) is 4.70. The molecule has 1 rings (SSSR count). The van der Waals surface area contributed by atoms with Crippen molar-refractivity contribution < 1.29 is 19.4 Å². The van der Waals surface area contributed by atoms with E-state index in [4.69, 9.17) is 4.74 Å². The summed E-state index contributed by atoms with van der Waals surface area (Å²) >= 11 is 0. The molecule has 176 valence electrons. The van der Waals surface area contributed by atoms with Gasteiger partial charge in [-0.1, -0.05) is 97.3 Å². The molecule has 1 aliphatic carbocycles. The van der Waals surface area contributed by atoms with Crippen molar-refractivity contribution >= 4 is 11.9 Å². The molecule has 0 bridgehead atoms. The fourth-order valence-electron chi connectivity index (χ4n) is 4.70. The number of esters is 1. The van der Waals surface area contributed by atoms with Crippen LogP contribution in [0.4, 0.5) is 0 Å². The standard InChI is InChI=1S/C26H48O4/c1-3-5-7-9-10-11-13-15-19-22(18-14-12-8-6-4-2)30-26(29)24-21-17-16-20-23(24)25(27)28/h22-24H,3-21H2,1-2H3,(H,27,28). The first-order valence-electron chi connectivity index (χ1n) is 13.0. The second kappa shape index (κ2) is 17.6. The Morgan fingerprint density at radius 1 is 0.733 bits per heavy atom. The number of carboxylic acids is 1. The molecule has 3 atom stereocenters. The Labute approximate surface area is 185 Å². The van der Waals surface area contributed by atoms with Crippen molar-refractivity contribution in [1.29, 1.82) is 0 Å². The van der Waals surface area contributed by atoms with E-state index in [9.17, 15) is 14.7 Å². The van der Waals surface area contributed by atoms with E-state index in [0.29, 0.717) is 12.8 Å². The maximum Gasteiger partial charge on any atom is 0.310 e. The van der Waals surface area contributed by atoms with E-state index in [1.165, 1.54) is 70.6 Å². The van der Waals surface area contributed by atoms with Crippen LogP contribution >= 0.6 is 0 Å². The Balaban J connectivity index is 2.43. The van der Waals surface area contributed by atoms with Crippen LogP contribution in [0.15, 0.2) is 0 Å². The largest absolute Gasteiger partial charge is 0.481 e. The molecule has 0 aliphatic heterocycles. The van der Waals surface area contributed by atoms with E-state index >= 15 is 0 Å². The van der Waals surface area contributed by atoms with Gasteiger partial charge in [-0.2, -0.15) is 0 Å². The van der Waals surface area contributed by atoms with Crippen LogP contribution in [0.3, 0.4) is 0 Å². The lowest BCUT2D eigenvalue weighted by Crippen LogP contribution is -2.35. The van der Waals surface area contributed by atoms with Gasteiger partial charge in [-0.3, -0.25) is 9.59 Å². The van der Waals surface area contributed by atoms with Gasteiger partial charge in [0, 0.05) is 0 Å². The Kier molecular flexibility index (Phi) is 15.8. The first-order valence-corrected chi connectivity index (χ1v) is 13.0. The lowest BCUT2D eigenvalue weighted by molar-refractivity contribution is -0.164. The van der Waals surface area contributed by atoms with Crippen molar-refractivity contribution in [2.75, 3.05) is 0 Å². The zero-order chi connectivity index (χ0) is 22.0. The van der Waals surface area contributed by atoms with Gasteiger partial charge in [-0.25, -0.2) is 0 Å². The number of carbonyl (C=O) groups excluding carboxylic acids is 1. The number of ether oxygens (including phenoxy) is 1. The molecule has 0 aromatic carbocycles. The predicted molar refractivity (Wildman–Crippen MR) is 124 cm³/mol. The summed E-state index contributed by atoms with van der Waals surface area (Å²) in [5.74, 6) is -2.09. The summed E-state index contributed by atoms with van der Waals surface area (Å²) in [6.07, 6.45) is 21.2. The number of hydrogen-bond donors (Lipinski definition) is 1. The third-order valence-corrected chi connectivity index (χ3v) is 6.68. The van der Waals surface area contributed by atoms with Crippen molar-refractivity contribution in [3.05, 3.63) is 0 Å². The minimum Gasteiger partial charge on any atom is -0.481 e. The van der Waals surface area contributed by atoms with Crippen LogP contribution in [0.5, 0.6) is 0 Å². The molecule has 30 heavy (non-hydrogen) atoms. The van der Waals surface area contributed by atoms with E-state index < -0.39 is 17.8 Å². The van der Waals surface area contributed by atoms with E-state index in [2.05, 4.69) is 13.8 Å². The van der Waals surface area contributed by atoms with Gasteiger partial charge < -0.3 is 9.84 Å². The summed E-state index contributed by atoms with van der Waals surface area (Å²) in [6, 6.07) is 0. The molecule has 4 nitrogen and oxygen atoms in total. The average Bonchev–Trinajstić information content (AvgIpc) is 2.75. The summed E-state index contributed by atoms with van der Waals surface area (Å²) in [7, 11) is 0. The van der Waals surface area contributed by atoms with Gasteiger partial charge in [0.2, 0.25) is 0 Å². The zero-order valence-electron chi connectivity index (χ0n) is 19.8. The Hall–Kier alpha value is -1.06. The number of hydrogen-bond acceptors (Lipinski definition) is 3. The second-order valence-corrected chi connectivity index (χ2v) is 9.36. The number of unbranched alkanes of at least 4 members (excludes halogenated alkanes) is 11. The summed E-state index contributed by atoms with van der Waals surface area (Å²) in [6.45, 7) is 4.46. The monoisotopic (exact) mass is 424 g/mol. The van der Waals surface area contributed by atoms with Crippen molar-refractivity contribution in [3.63, 3.8) is 0 Å². The van der Waals surface area contributed by atoms with Crippen LogP contribution < -0.4 is 0 Å². The Morgan fingerprint density at radius 3 is 1.63 bits per heavy atom. The molecule has 4 heteroatoms. The van der Waals surface area contributed by atoms with Crippen molar-refractivity contribution in [2.45, 2.75) is 142 Å². The van der Waals surface area contributed by atoms with E-state index in [1.807, 2.05) is 0 Å². The fraction of sp³-hybridized carbons (Fsp3) is 0.923. The molecular weight excluding hydrogens is 376 g/mol. The molecular formula is C26H48O4. The quantitative estimate of drug-likeness (QED) is 0.181. The molecule has 1 aliphatic rings. The van der Waals surface area contributed by atoms with Gasteiger partial charge in [0.05, 0.1) is 11.8 Å². The lowest BCUT2D eigenvalue weighted by Gasteiger charge is -2.29. The van der Waals surface area contributed by atoms with Crippen LogP contribution in [0.2, 0.25) is 0 Å². The van der Waals surface area contributed by atoms with Crippen LogP contribution in [0.1, 0.15) is 136 Å². The van der Waals surface area contributed by atoms with Crippen molar-refractivity contribution in [2.24, 2.45) is 11.8 Å². The first kappa shape index (κ1) is 27.0. The summed E-state index contributed by atoms with van der Waals surface area (Å²) in [5.41, 5.74) is 0. The molecule has 0 aromatic rings. The number of carboxylic acid groups (broad SMARTS) is 1. The highest BCUT2D eigenvalue weighted by molar-refractivity contribution is 5.81. The SMILES string of the molecule is CCCCCCCCCCC(CCCCCCC)OC(=O)C1CCCCC1C(=O)O. The molecule has 0 saturated heterocycles. The Morgan fingerprint density at radius 2 is 1.17 bits per heavy atom. The van der Waals surface area contributed by atoms with Crippen LogP contribution in [-0.2, 0) is 14.3 Å². The summed E-state index contributed by atoms with van der Waals surface area (Å²) in [5, 5.41) is 9.49. The topological polar surface area (TPSA) is 63.6 Å². The normalized spacial score (nSPS) is 20.1. The van der Waals surface area contributed by atoms with E-state index in [1.54, 1.807) is 0 Å². The van der Waals surface area contributed by atoms with E-state index in [-0.39, 0.29) is 12.1 Å². The molecule has 0 radical (unpaired) electrons. The third kappa shape index (κ3) is 12.0. The van der Waals surface area contributed by atoms with Gasteiger partial charge in [0.25, 0.3) is 0 Å². The minimum atomic E-state index is -0.837. The van der Waals surface area contributed by atoms with Crippen molar-refractivity contribution in [1.82, 2.24) is 0 Å². The second-order valence-electron chi connectivity index (χ2n) is 9.36. The maximum atomic E-state index is 12.8. The van der Waals surface area contributed by atoms with Crippen LogP contribution in [0, 0.1) is 11.8 Å². The van der Waals surface area contributed by atoms with Crippen LogP contribution in [0.25, 0.3) is 0 Å². The van der Waals surface area contributed by atoms with Gasteiger partial charge in [0.15, 0.2) is 0 Å². The molecule has 3 unspecified atom stereocenters. The predicted octanol–water partition coefficient (Wildman–Crippen LogP) is 7.68. The van der Waals surface area contributed by atoms with Crippen LogP contribution in [-0.4, -0.2) is 23.1 Å². The molecule has 0 amide bonds. The highest BCUT2D eigenvalue weighted by Gasteiger charge is 2.37.